The molecule has 0 aromatic heterocycles. The number of fused-ring (bicyclic) bond motifs is 1. The lowest BCUT2D eigenvalue weighted by atomic mass is 10.2. The highest BCUT2D eigenvalue weighted by atomic mass is 16.6. The van der Waals surface area contributed by atoms with Crippen LogP contribution < -0.4 is 0 Å². The van der Waals surface area contributed by atoms with Crippen molar-refractivity contribution in [1.29, 1.82) is 0 Å². The van der Waals surface area contributed by atoms with E-state index < -0.39 is 5.97 Å². The first-order valence-corrected chi connectivity index (χ1v) is 4.43. The normalized spacial score (nSPS) is 40.8. The Bertz CT molecular complexity index is 329. The molecule has 0 spiro atoms. The molecule has 0 aromatic rings. The number of epoxide rings is 1. The predicted molar refractivity (Wildman–Crippen MR) is 47.5 cm³/mol. The Morgan fingerprint density at radius 3 is 2.79 bits per heavy atom. The summed E-state index contributed by atoms with van der Waals surface area (Å²) in [5.74, 6) is -0.735. The molecule has 0 N–H and O–H groups in total. The third-order valence-corrected chi connectivity index (χ3v) is 2.16. The fraction of sp³-hybridized carbons (Fsp3) is 0.400. The molecule has 0 amide bonds. The van der Waals surface area contributed by atoms with E-state index in [-0.39, 0.29) is 24.1 Å². The van der Waals surface area contributed by atoms with Crippen molar-refractivity contribution >= 4 is 11.8 Å². The zero-order chi connectivity index (χ0) is 10.1. The molecule has 2 aliphatic rings. The quantitative estimate of drug-likeness (QED) is 0.413. The van der Waals surface area contributed by atoms with Crippen molar-refractivity contribution in [1.82, 2.24) is 0 Å². The molecule has 0 aromatic carbocycles. The van der Waals surface area contributed by atoms with Gasteiger partial charge >= 0.3 is 5.97 Å². The molecule has 2 aliphatic heterocycles. The molecular formula is C10H10O4. The molecule has 0 aliphatic carbocycles. The van der Waals surface area contributed by atoms with Gasteiger partial charge in [0.2, 0.25) is 0 Å². The molecule has 0 unspecified atom stereocenters. The number of ketones is 1. The third kappa shape index (κ3) is 1.90. The van der Waals surface area contributed by atoms with Gasteiger partial charge in [-0.1, -0.05) is 0 Å². The molecule has 0 bridgehead atoms. The van der Waals surface area contributed by atoms with E-state index in [0.717, 1.165) is 6.08 Å². The standard InChI is InChI=1S/C10H10O4/c1-6-10-8(14-10)4-2-7(11)3-5-9(12)13-6/h2-6,8,10H,1H3/b4-2-,5-3-/t6-,8-,10+/m1/s1. The Labute approximate surface area is 81.2 Å². The molecule has 2 heterocycles. The molecule has 14 heavy (non-hydrogen) atoms. The van der Waals surface area contributed by atoms with Gasteiger partial charge in [-0.15, -0.1) is 0 Å². The number of allylic oxidation sites excluding steroid dienone is 2. The topological polar surface area (TPSA) is 55.9 Å². The van der Waals surface area contributed by atoms with Crippen LogP contribution in [0.3, 0.4) is 0 Å². The lowest BCUT2D eigenvalue weighted by molar-refractivity contribution is -0.143. The van der Waals surface area contributed by atoms with E-state index in [1.807, 2.05) is 0 Å². The fourth-order valence-electron chi connectivity index (χ4n) is 1.35. The summed E-state index contributed by atoms with van der Waals surface area (Å²) in [7, 11) is 0. The number of rotatable bonds is 0. The summed E-state index contributed by atoms with van der Waals surface area (Å²) in [6.07, 6.45) is 4.96. The van der Waals surface area contributed by atoms with Gasteiger partial charge < -0.3 is 9.47 Å². The van der Waals surface area contributed by atoms with E-state index in [0.29, 0.717) is 0 Å². The number of hydrogen-bond donors (Lipinski definition) is 0. The van der Waals surface area contributed by atoms with E-state index in [9.17, 15) is 9.59 Å². The van der Waals surface area contributed by atoms with Crippen molar-refractivity contribution in [3.8, 4) is 0 Å². The van der Waals surface area contributed by atoms with Crippen LogP contribution >= 0.6 is 0 Å². The fourth-order valence-corrected chi connectivity index (χ4v) is 1.35. The SMILES string of the molecule is C[C@H]1OC(=O)/C=C\C(=O)/C=C\[C@H]2O[C@@H]12. The van der Waals surface area contributed by atoms with Crippen LogP contribution in [0.15, 0.2) is 24.3 Å². The molecule has 3 atom stereocenters. The van der Waals surface area contributed by atoms with Crippen LogP contribution in [0.25, 0.3) is 0 Å². The van der Waals surface area contributed by atoms with Gasteiger partial charge in [0, 0.05) is 6.08 Å². The van der Waals surface area contributed by atoms with Gasteiger partial charge in [0.15, 0.2) is 5.78 Å². The summed E-state index contributed by atoms with van der Waals surface area (Å²) in [5.41, 5.74) is 0. The zero-order valence-electron chi connectivity index (χ0n) is 7.67. The van der Waals surface area contributed by atoms with Gasteiger partial charge in [0.25, 0.3) is 0 Å². The van der Waals surface area contributed by atoms with Crippen molar-refractivity contribution in [2.75, 3.05) is 0 Å². The molecule has 1 fully saturated rings. The Hall–Kier alpha value is -1.42. The summed E-state index contributed by atoms with van der Waals surface area (Å²) < 4.78 is 10.2. The first-order chi connectivity index (χ1) is 6.66. The van der Waals surface area contributed by atoms with Crippen molar-refractivity contribution < 1.29 is 19.1 Å². The van der Waals surface area contributed by atoms with E-state index >= 15 is 0 Å². The first-order valence-electron chi connectivity index (χ1n) is 4.43. The minimum absolute atomic E-state index is 0.0896. The highest BCUT2D eigenvalue weighted by molar-refractivity contribution is 6.02. The molecule has 0 saturated carbocycles. The van der Waals surface area contributed by atoms with Crippen LogP contribution in [0.2, 0.25) is 0 Å². The second kappa shape index (κ2) is 3.38. The smallest absolute Gasteiger partial charge is 0.331 e. The van der Waals surface area contributed by atoms with E-state index in [1.54, 1.807) is 13.0 Å². The van der Waals surface area contributed by atoms with Gasteiger partial charge in [0.1, 0.15) is 18.3 Å². The van der Waals surface area contributed by atoms with Gasteiger partial charge in [0.05, 0.1) is 0 Å². The average molecular weight is 194 g/mol. The summed E-state index contributed by atoms with van der Waals surface area (Å²) in [6.45, 7) is 1.77. The molecule has 74 valence electrons. The van der Waals surface area contributed by atoms with Gasteiger partial charge in [-0.25, -0.2) is 4.79 Å². The Kier molecular flexibility index (Phi) is 2.21. The number of hydrogen-bond acceptors (Lipinski definition) is 4. The number of carbonyl (C=O) groups excluding carboxylic acids is 2. The minimum atomic E-state index is -0.504. The van der Waals surface area contributed by atoms with Crippen LogP contribution in [0.4, 0.5) is 0 Å². The van der Waals surface area contributed by atoms with Crippen LogP contribution in [0, 0.1) is 0 Å². The molecule has 0 radical (unpaired) electrons. The maximum absolute atomic E-state index is 11.1. The van der Waals surface area contributed by atoms with E-state index in [2.05, 4.69) is 0 Å². The number of cyclic esters (lactones) is 1. The summed E-state index contributed by atoms with van der Waals surface area (Å²) in [6, 6.07) is 0. The zero-order valence-corrected chi connectivity index (χ0v) is 7.67. The third-order valence-electron chi connectivity index (χ3n) is 2.16. The Morgan fingerprint density at radius 2 is 2.00 bits per heavy atom. The van der Waals surface area contributed by atoms with E-state index in [4.69, 9.17) is 9.47 Å². The van der Waals surface area contributed by atoms with Crippen LogP contribution in [-0.2, 0) is 19.1 Å². The van der Waals surface area contributed by atoms with Gasteiger partial charge in [-0.2, -0.15) is 0 Å². The lowest BCUT2D eigenvalue weighted by Gasteiger charge is -2.08. The summed E-state index contributed by atoms with van der Waals surface area (Å²) in [4.78, 5) is 22.1. The monoisotopic (exact) mass is 194 g/mol. The largest absolute Gasteiger partial charge is 0.457 e. The second-order valence-electron chi connectivity index (χ2n) is 3.30. The Balaban J connectivity index is 2.15. The van der Waals surface area contributed by atoms with Crippen molar-refractivity contribution in [2.45, 2.75) is 25.2 Å². The summed E-state index contributed by atoms with van der Waals surface area (Å²) in [5, 5.41) is 0. The maximum Gasteiger partial charge on any atom is 0.331 e. The first kappa shape index (κ1) is 9.15. The minimum Gasteiger partial charge on any atom is -0.457 e. The highest BCUT2D eigenvalue weighted by Gasteiger charge is 2.43. The molecule has 2 rings (SSSR count). The lowest BCUT2D eigenvalue weighted by Crippen LogP contribution is -2.21. The average Bonchev–Trinajstić information content (AvgIpc) is 2.89. The van der Waals surface area contributed by atoms with Crippen molar-refractivity contribution in [3.05, 3.63) is 24.3 Å². The number of carbonyl (C=O) groups is 2. The Morgan fingerprint density at radius 1 is 1.21 bits per heavy atom. The van der Waals surface area contributed by atoms with Crippen LogP contribution in [0.5, 0.6) is 0 Å². The molecule has 4 heteroatoms. The van der Waals surface area contributed by atoms with E-state index in [1.165, 1.54) is 12.2 Å². The van der Waals surface area contributed by atoms with Gasteiger partial charge in [-0.3, -0.25) is 4.79 Å². The maximum atomic E-state index is 11.1. The summed E-state index contributed by atoms with van der Waals surface area (Å²) >= 11 is 0. The second-order valence-corrected chi connectivity index (χ2v) is 3.30. The number of esters is 1. The van der Waals surface area contributed by atoms with Crippen LogP contribution in [0.1, 0.15) is 6.92 Å². The number of ether oxygens (including phenoxy) is 2. The van der Waals surface area contributed by atoms with Crippen LogP contribution in [-0.4, -0.2) is 30.1 Å². The van der Waals surface area contributed by atoms with Gasteiger partial charge in [-0.05, 0) is 25.2 Å². The molecule has 4 nitrogen and oxygen atoms in total. The molecular weight excluding hydrogens is 184 g/mol. The predicted octanol–water partition coefficient (Wildman–Crippen LogP) is 0.381. The highest BCUT2D eigenvalue weighted by Crippen LogP contribution is 2.28. The van der Waals surface area contributed by atoms with Crippen molar-refractivity contribution in [2.24, 2.45) is 0 Å². The van der Waals surface area contributed by atoms with Crippen molar-refractivity contribution in [3.63, 3.8) is 0 Å². The molecule has 1 saturated heterocycles.